The molecule has 0 aliphatic carbocycles. The molecule has 10 heavy (non-hydrogen) atoms. The van der Waals surface area contributed by atoms with E-state index >= 15 is 0 Å². The summed E-state index contributed by atoms with van der Waals surface area (Å²) in [7, 11) is 0. The predicted molar refractivity (Wildman–Crippen MR) is 50.3 cm³/mol. The van der Waals surface area contributed by atoms with Crippen molar-refractivity contribution < 1.29 is 0 Å². The van der Waals surface area contributed by atoms with Gasteiger partial charge in [0.05, 0.1) is 0 Å². The van der Waals surface area contributed by atoms with Crippen molar-refractivity contribution >= 4 is 0 Å². The van der Waals surface area contributed by atoms with E-state index in [1.165, 1.54) is 32.1 Å². The zero-order chi connectivity index (χ0) is 7.11. The van der Waals surface area contributed by atoms with E-state index in [0.29, 0.717) is 0 Å². The summed E-state index contributed by atoms with van der Waals surface area (Å²) < 4.78 is 0. The Balaban J connectivity index is 0. The topological polar surface area (TPSA) is 0 Å². The number of rotatable bonds is 5. The molecular weight excluding hydrogens is 120 g/mol. The zero-order valence-corrected chi connectivity index (χ0v) is 7.11. The van der Waals surface area contributed by atoms with Crippen LogP contribution >= 0.6 is 0 Å². The Kier molecular flexibility index (Phi) is 11.4. The van der Waals surface area contributed by atoms with Gasteiger partial charge in [0.25, 0.3) is 0 Å². The minimum Gasteiger partial charge on any atom is -0.0776 e. The van der Waals surface area contributed by atoms with Crippen molar-refractivity contribution in [2.24, 2.45) is 5.92 Å². The van der Waals surface area contributed by atoms with E-state index in [4.69, 9.17) is 0 Å². The molecular formula is C10H24. The average Bonchev–Trinajstić information content (AvgIpc) is 1.85. The maximum atomic E-state index is 2.36. The molecule has 1 atom stereocenters. The van der Waals surface area contributed by atoms with Crippen LogP contribution in [0.25, 0.3) is 0 Å². The molecule has 0 heteroatoms. The Bertz CT molecular complexity index is 48.0. The minimum atomic E-state index is 0. The summed E-state index contributed by atoms with van der Waals surface area (Å²) in [5.41, 5.74) is 0. The highest BCUT2D eigenvalue weighted by Gasteiger charge is 1.97. The summed E-state index contributed by atoms with van der Waals surface area (Å²) in [4.78, 5) is 0. The lowest BCUT2D eigenvalue weighted by atomic mass is 10.00. The molecule has 64 valence electrons. The van der Waals surface area contributed by atoms with Gasteiger partial charge in [0.1, 0.15) is 0 Å². The van der Waals surface area contributed by atoms with Gasteiger partial charge < -0.3 is 0 Å². The number of hydrogen-bond donors (Lipinski definition) is 0. The maximum absolute atomic E-state index is 2.36. The van der Waals surface area contributed by atoms with Crippen LogP contribution in [-0.4, -0.2) is 0 Å². The highest BCUT2D eigenvalue weighted by atomic mass is 14.0. The van der Waals surface area contributed by atoms with Crippen molar-refractivity contribution in [3.8, 4) is 0 Å². The molecule has 0 saturated heterocycles. The van der Waals surface area contributed by atoms with Gasteiger partial charge in [-0.2, -0.15) is 0 Å². The van der Waals surface area contributed by atoms with Gasteiger partial charge in [0.15, 0.2) is 0 Å². The van der Waals surface area contributed by atoms with Crippen LogP contribution < -0.4 is 0 Å². The van der Waals surface area contributed by atoms with Crippen LogP contribution in [0.2, 0.25) is 0 Å². The Labute approximate surface area is 67.0 Å². The van der Waals surface area contributed by atoms with Crippen molar-refractivity contribution in [1.29, 1.82) is 0 Å². The number of hydrogen-bond acceptors (Lipinski definition) is 0. The molecule has 0 amide bonds. The second kappa shape index (κ2) is 9.00. The van der Waals surface area contributed by atoms with Crippen molar-refractivity contribution in [3.05, 3.63) is 0 Å². The van der Waals surface area contributed by atoms with Crippen LogP contribution in [-0.2, 0) is 0 Å². The molecule has 0 heterocycles. The van der Waals surface area contributed by atoms with Gasteiger partial charge in [-0.15, -0.1) is 0 Å². The number of unbranched alkanes of at least 4 members (excludes halogenated alkanes) is 1. The molecule has 0 aliphatic rings. The SMILES string of the molecule is C.CCCC[C@H](C)CCC. The van der Waals surface area contributed by atoms with Crippen LogP contribution in [0.5, 0.6) is 0 Å². The highest BCUT2D eigenvalue weighted by Crippen LogP contribution is 2.12. The van der Waals surface area contributed by atoms with E-state index in [2.05, 4.69) is 20.8 Å². The fourth-order valence-corrected chi connectivity index (χ4v) is 1.19. The van der Waals surface area contributed by atoms with Crippen LogP contribution in [0.4, 0.5) is 0 Å². The summed E-state index contributed by atoms with van der Waals surface area (Å²) in [5, 5.41) is 0. The van der Waals surface area contributed by atoms with Crippen molar-refractivity contribution in [1.82, 2.24) is 0 Å². The first kappa shape index (κ1) is 12.7. The first-order valence-corrected chi connectivity index (χ1v) is 4.31. The van der Waals surface area contributed by atoms with E-state index in [-0.39, 0.29) is 7.43 Å². The second-order valence-corrected chi connectivity index (χ2v) is 3.04. The normalized spacial score (nSPS) is 12.3. The zero-order valence-electron chi connectivity index (χ0n) is 7.11. The van der Waals surface area contributed by atoms with Crippen LogP contribution in [0.15, 0.2) is 0 Å². The molecule has 0 spiro atoms. The summed E-state index contributed by atoms with van der Waals surface area (Å²) in [5.74, 6) is 0.968. The first-order chi connectivity index (χ1) is 4.31. The van der Waals surface area contributed by atoms with Gasteiger partial charge in [0, 0.05) is 0 Å². The smallest absolute Gasteiger partial charge is 0.0443 e. The van der Waals surface area contributed by atoms with Crippen molar-refractivity contribution in [3.63, 3.8) is 0 Å². The Morgan fingerprint density at radius 1 is 1.00 bits per heavy atom. The summed E-state index contributed by atoms with van der Waals surface area (Å²) >= 11 is 0. The van der Waals surface area contributed by atoms with Gasteiger partial charge in [-0.3, -0.25) is 0 Å². The van der Waals surface area contributed by atoms with E-state index < -0.39 is 0 Å². The first-order valence-electron chi connectivity index (χ1n) is 4.31. The third-order valence-corrected chi connectivity index (χ3v) is 1.83. The van der Waals surface area contributed by atoms with Gasteiger partial charge in [0.2, 0.25) is 0 Å². The highest BCUT2D eigenvalue weighted by molar-refractivity contribution is 4.50. The molecule has 0 bridgehead atoms. The Morgan fingerprint density at radius 3 is 2.00 bits per heavy atom. The van der Waals surface area contributed by atoms with Gasteiger partial charge >= 0.3 is 0 Å². The summed E-state index contributed by atoms with van der Waals surface area (Å²) in [6.07, 6.45) is 6.98. The minimum absolute atomic E-state index is 0. The predicted octanol–water partition coefficient (Wildman–Crippen LogP) is 4.25. The van der Waals surface area contributed by atoms with Crippen molar-refractivity contribution in [2.45, 2.75) is 60.3 Å². The largest absolute Gasteiger partial charge is 0.0776 e. The van der Waals surface area contributed by atoms with Gasteiger partial charge in [-0.1, -0.05) is 60.3 Å². The average molecular weight is 144 g/mol. The Morgan fingerprint density at radius 2 is 1.60 bits per heavy atom. The van der Waals surface area contributed by atoms with E-state index in [0.717, 1.165) is 5.92 Å². The third kappa shape index (κ3) is 8.00. The molecule has 0 fully saturated rings. The fourth-order valence-electron chi connectivity index (χ4n) is 1.19. The molecule has 0 unspecified atom stereocenters. The van der Waals surface area contributed by atoms with E-state index in [1.54, 1.807) is 0 Å². The summed E-state index contributed by atoms with van der Waals surface area (Å²) in [6.45, 7) is 6.89. The van der Waals surface area contributed by atoms with Gasteiger partial charge in [-0.25, -0.2) is 0 Å². The fraction of sp³-hybridized carbons (Fsp3) is 1.00. The molecule has 0 aromatic carbocycles. The van der Waals surface area contributed by atoms with Crippen LogP contribution in [0.1, 0.15) is 60.3 Å². The van der Waals surface area contributed by atoms with Gasteiger partial charge in [-0.05, 0) is 5.92 Å². The molecule has 0 N–H and O–H groups in total. The molecule has 0 aliphatic heterocycles. The quantitative estimate of drug-likeness (QED) is 0.541. The molecule has 0 radical (unpaired) electrons. The Hall–Kier alpha value is 0. The van der Waals surface area contributed by atoms with Crippen LogP contribution in [0.3, 0.4) is 0 Å². The second-order valence-electron chi connectivity index (χ2n) is 3.04. The lowest BCUT2D eigenvalue weighted by Crippen LogP contribution is -1.92. The van der Waals surface area contributed by atoms with E-state index in [1.807, 2.05) is 0 Å². The van der Waals surface area contributed by atoms with E-state index in [9.17, 15) is 0 Å². The van der Waals surface area contributed by atoms with Crippen molar-refractivity contribution in [2.75, 3.05) is 0 Å². The maximum Gasteiger partial charge on any atom is -0.0443 e. The standard InChI is InChI=1S/C9H20.CH4/c1-4-6-8-9(3)7-5-2;/h9H,4-8H2,1-3H3;1H4/t9-;/m1./s1. The lowest BCUT2D eigenvalue weighted by molar-refractivity contribution is 0.466. The third-order valence-electron chi connectivity index (χ3n) is 1.83. The van der Waals surface area contributed by atoms with Crippen LogP contribution in [0, 0.1) is 5.92 Å². The summed E-state index contributed by atoms with van der Waals surface area (Å²) in [6, 6.07) is 0. The monoisotopic (exact) mass is 144 g/mol. The molecule has 0 saturated carbocycles. The molecule has 0 rings (SSSR count). The molecule has 0 aromatic rings. The molecule has 0 aromatic heterocycles. The lowest BCUT2D eigenvalue weighted by Gasteiger charge is -2.07. The molecule has 0 nitrogen and oxygen atoms in total.